The van der Waals surface area contributed by atoms with Crippen LogP contribution in [0, 0.1) is 13.8 Å². The second kappa shape index (κ2) is 5.48. The Kier molecular flexibility index (Phi) is 4.05. The zero-order chi connectivity index (χ0) is 15.8. The molecule has 0 bridgehead atoms. The van der Waals surface area contributed by atoms with Crippen LogP contribution in [0.1, 0.15) is 49.5 Å². The first-order valence-electron chi connectivity index (χ1n) is 7.01. The summed E-state index contributed by atoms with van der Waals surface area (Å²) in [4.78, 5) is 11.8. The molecule has 114 valence electrons. The lowest BCUT2D eigenvalue weighted by atomic mass is 9.97. The Balaban J connectivity index is 2.25. The highest BCUT2D eigenvalue weighted by molar-refractivity contribution is 5.29. The minimum atomic E-state index is -0.792. The third kappa shape index (κ3) is 3.61. The summed E-state index contributed by atoms with van der Waals surface area (Å²) in [6, 6.07) is 5.86. The lowest BCUT2D eigenvalue weighted by Gasteiger charge is -2.13. The molecule has 0 amide bonds. The maximum Gasteiger partial charge on any atom is 0.437 e. The van der Waals surface area contributed by atoms with Gasteiger partial charge in [-0.05, 0) is 19.4 Å². The van der Waals surface area contributed by atoms with Gasteiger partial charge in [0.1, 0.15) is 0 Å². The van der Waals surface area contributed by atoms with E-state index in [2.05, 4.69) is 5.10 Å². The van der Waals surface area contributed by atoms with E-state index >= 15 is 0 Å². The van der Waals surface area contributed by atoms with Crippen LogP contribution in [-0.4, -0.2) is 14.9 Å². The fourth-order valence-electron chi connectivity index (χ4n) is 2.20. The van der Waals surface area contributed by atoms with Crippen molar-refractivity contribution in [2.45, 2.75) is 52.7 Å². The van der Waals surface area contributed by atoms with Crippen LogP contribution in [-0.2, 0) is 12.0 Å². The number of aliphatic hydroxyl groups excluding tert-OH is 1. The van der Waals surface area contributed by atoms with Gasteiger partial charge in [0.05, 0.1) is 12.6 Å². The smallest absolute Gasteiger partial charge is 0.392 e. The van der Waals surface area contributed by atoms with Crippen molar-refractivity contribution in [3.8, 4) is 0 Å². The summed E-state index contributed by atoms with van der Waals surface area (Å²) in [5.74, 6) is -0.163. The molecular formula is C16H22N2O3. The largest absolute Gasteiger partial charge is 0.437 e. The SMILES string of the molecule is Cc1cc(C)cc(C(O)Cn2nc(C(C)(C)C)oc2=O)c1. The fraction of sp³-hybridized carbons (Fsp3) is 0.500. The molecule has 2 aromatic rings. The fourth-order valence-corrected chi connectivity index (χ4v) is 2.20. The number of nitrogens with zero attached hydrogens (tertiary/aromatic N) is 2. The Morgan fingerprint density at radius 3 is 2.29 bits per heavy atom. The maximum atomic E-state index is 11.8. The highest BCUT2D eigenvalue weighted by Gasteiger charge is 2.23. The predicted octanol–water partition coefficient (Wildman–Crippen LogP) is 2.48. The molecule has 0 fully saturated rings. The Morgan fingerprint density at radius 2 is 1.81 bits per heavy atom. The van der Waals surface area contributed by atoms with E-state index in [1.807, 2.05) is 52.8 Å². The van der Waals surface area contributed by atoms with Crippen LogP contribution in [0.2, 0.25) is 0 Å². The first-order valence-corrected chi connectivity index (χ1v) is 7.01. The molecule has 0 saturated heterocycles. The predicted molar refractivity (Wildman–Crippen MR) is 80.3 cm³/mol. The topological polar surface area (TPSA) is 68.3 Å². The molecule has 0 aliphatic carbocycles. The van der Waals surface area contributed by atoms with Crippen molar-refractivity contribution in [1.29, 1.82) is 0 Å². The first-order chi connectivity index (χ1) is 9.66. The highest BCUT2D eigenvalue weighted by atomic mass is 16.4. The van der Waals surface area contributed by atoms with Crippen LogP contribution in [0.5, 0.6) is 0 Å². The summed E-state index contributed by atoms with van der Waals surface area (Å²) < 4.78 is 6.33. The van der Waals surface area contributed by atoms with Gasteiger partial charge in [0.25, 0.3) is 0 Å². The van der Waals surface area contributed by atoms with E-state index in [4.69, 9.17) is 4.42 Å². The Morgan fingerprint density at radius 1 is 1.24 bits per heavy atom. The average molecular weight is 290 g/mol. The van der Waals surface area contributed by atoms with E-state index in [-0.39, 0.29) is 12.0 Å². The Labute approximate surface area is 124 Å². The number of hydrogen-bond donors (Lipinski definition) is 1. The molecule has 1 atom stereocenters. The van der Waals surface area contributed by atoms with Gasteiger partial charge in [-0.3, -0.25) is 0 Å². The van der Waals surface area contributed by atoms with Crippen LogP contribution in [0.25, 0.3) is 0 Å². The van der Waals surface area contributed by atoms with E-state index in [0.717, 1.165) is 16.7 Å². The third-order valence-electron chi connectivity index (χ3n) is 3.22. The number of aryl methyl sites for hydroxylation is 2. The van der Waals surface area contributed by atoms with Gasteiger partial charge in [0.15, 0.2) is 0 Å². The molecule has 1 aromatic heterocycles. The summed E-state index contributed by atoms with van der Waals surface area (Å²) in [5, 5.41) is 14.5. The van der Waals surface area contributed by atoms with Gasteiger partial charge in [-0.1, -0.05) is 50.1 Å². The summed E-state index contributed by atoms with van der Waals surface area (Å²) in [6.45, 7) is 9.79. The third-order valence-corrected chi connectivity index (χ3v) is 3.22. The minimum absolute atomic E-state index is 0.0846. The van der Waals surface area contributed by atoms with E-state index in [1.165, 1.54) is 4.68 Å². The number of benzene rings is 1. The van der Waals surface area contributed by atoms with E-state index in [1.54, 1.807) is 0 Å². The normalized spacial score (nSPS) is 13.4. The molecule has 1 aromatic carbocycles. The van der Waals surface area contributed by atoms with Gasteiger partial charge in [-0.2, -0.15) is 4.68 Å². The van der Waals surface area contributed by atoms with Gasteiger partial charge in [-0.15, -0.1) is 5.10 Å². The monoisotopic (exact) mass is 290 g/mol. The molecule has 0 spiro atoms. The number of aliphatic hydroxyl groups is 1. The molecule has 5 nitrogen and oxygen atoms in total. The molecule has 1 N–H and O–H groups in total. The standard InChI is InChI=1S/C16H22N2O3/c1-10-6-11(2)8-12(7-10)13(19)9-18-15(20)21-14(17-18)16(3,4)5/h6-8,13,19H,9H2,1-5H3. The average Bonchev–Trinajstić information content (AvgIpc) is 2.69. The molecular weight excluding hydrogens is 268 g/mol. The van der Waals surface area contributed by atoms with Gasteiger partial charge < -0.3 is 9.52 Å². The van der Waals surface area contributed by atoms with Crippen molar-refractivity contribution in [1.82, 2.24) is 9.78 Å². The number of aromatic nitrogens is 2. The van der Waals surface area contributed by atoms with Crippen molar-refractivity contribution >= 4 is 0 Å². The van der Waals surface area contributed by atoms with Gasteiger partial charge in [0, 0.05) is 5.41 Å². The molecule has 0 saturated carbocycles. The van der Waals surface area contributed by atoms with Crippen molar-refractivity contribution < 1.29 is 9.52 Å². The molecule has 1 heterocycles. The van der Waals surface area contributed by atoms with E-state index in [9.17, 15) is 9.90 Å². The Bertz CT molecular complexity index is 672. The summed E-state index contributed by atoms with van der Waals surface area (Å²) in [5.41, 5.74) is 2.59. The van der Waals surface area contributed by atoms with Crippen LogP contribution in [0.3, 0.4) is 0 Å². The van der Waals surface area contributed by atoms with Crippen molar-refractivity contribution in [2.24, 2.45) is 0 Å². The molecule has 1 unspecified atom stereocenters. The van der Waals surface area contributed by atoms with Crippen molar-refractivity contribution in [3.63, 3.8) is 0 Å². The molecule has 0 aliphatic rings. The second-order valence-electron chi connectivity index (χ2n) is 6.54. The van der Waals surface area contributed by atoms with Crippen molar-refractivity contribution in [3.05, 3.63) is 51.3 Å². The van der Waals surface area contributed by atoms with Gasteiger partial charge in [0.2, 0.25) is 5.89 Å². The number of rotatable bonds is 3. The van der Waals surface area contributed by atoms with Crippen LogP contribution >= 0.6 is 0 Å². The highest BCUT2D eigenvalue weighted by Crippen LogP contribution is 2.20. The zero-order valence-electron chi connectivity index (χ0n) is 13.2. The maximum absolute atomic E-state index is 11.8. The lowest BCUT2D eigenvalue weighted by molar-refractivity contribution is 0.148. The summed E-state index contributed by atoms with van der Waals surface area (Å²) in [6.07, 6.45) is -0.792. The summed E-state index contributed by atoms with van der Waals surface area (Å²) >= 11 is 0. The lowest BCUT2D eigenvalue weighted by Crippen LogP contribution is -2.20. The molecule has 0 aliphatic heterocycles. The summed E-state index contributed by atoms with van der Waals surface area (Å²) in [7, 11) is 0. The zero-order valence-corrected chi connectivity index (χ0v) is 13.2. The quantitative estimate of drug-likeness (QED) is 0.943. The van der Waals surface area contributed by atoms with E-state index < -0.39 is 11.9 Å². The van der Waals surface area contributed by atoms with Crippen molar-refractivity contribution in [2.75, 3.05) is 0 Å². The minimum Gasteiger partial charge on any atom is -0.392 e. The molecule has 0 radical (unpaired) electrons. The first kappa shape index (κ1) is 15.5. The molecule has 5 heteroatoms. The van der Waals surface area contributed by atoms with Crippen LogP contribution in [0.4, 0.5) is 0 Å². The number of hydrogen-bond acceptors (Lipinski definition) is 4. The van der Waals surface area contributed by atoms with Gasteiger partial charge in [-0.25, -0.2) is 4.79 Å². The van der Waals surface area contributed by atoms with Crippen LogP contribution in [0.15, 0.2) is 27.4 Å². The molecule has 2 rings (SSSR count). The van der Waals surface area contributed by atoms with E-state index in [0.29, 0.717) is 5.89 Å². The Hall–Kier alpha value is -1.88. The van der Waals surface area contributed by atoms with Gasteiger partial charge >= 0.3 is 5.76 Å². The van der Waals surface area contributed by atoms with Crippen LogP contribution < -0.4 is 5.76 Å². The second-order valence-corrected chi connectivity index (χ2v) is 6.54. The molecule has 21 heavy (non-hydrogen) atoms.